The van der Waals surface area contributed by atoms with Gasteiger partial charge in [0.05, 0.1) is 17.3 Å². The summed E-state index contributed by atoms with van der Waals surface area (Å²) >= 11 is 0. The van der Waals surface area contributed by atoms with Crippen molar-refractivity contribution in [3.63, 3.8) is 0 Å². The van der Waals surface area contributed by atoms with Crippen LogP contribution in [0.5, 0.6) is 0 Å². The van der Waals surface area contributed by atoms with Crippen LogP contribution < -0.4 is 21.1 Å². The Morgan fingerprint density at radius 1 is 1.39 bits per heavy atom. The van der Waals surface area contributed by atoms with Crippen molar-refractivity contribution in [1.29, 1.82) is 0 Å². The van der Waals surface area contributed by atoms with Gasteiger partial charge in [-0.05, 0) is 12.1 Å². The van der Waals surface area contributed by atoms with Gasteiger partial charge in [0.1, 0.15) is 0 Å². The smallest absolute Gasteiger partial charge is 0.238 e. The first-order valence-electron chi connectivity index (χ1n) is 6.19. The van der Waals surface area contributed by atoms with E-state index >= 15 is 0 Å². The van der Waals surface area contributed by atoms with E-state index in [2.05, 4.69) is 34.4 Å². The SMILES string of the molecule is CC(CN1CCN(C)c2ccccc21)C(=O)NN. The minimum absolute atomic E-state index is 0.119. The second-order valence-corrected chi connectivity index (χ2v) is 4.77. The summed E-state index contributed by atoms with van der Waals surface area (Å²) in [4.78, 5) is 16.0. The van der Waals surface area contributed by atoms with Gasteiger partial charge >= 0.3 is 0 Å². The molecule has 1 aliphatic heterocycles. The summed E-state index contributed by atoms with van der Waals surface area (Å²) < 4.78 is 0. The molecule has 1 aromatic carbocycles. The highest BCUT2D eigenvalue weighted by molar-refractivity contribution is 5.79. The summed E-state index contributed by atoms with van der Waals surface area (Å²) in [6.07, 6.45) is 0. The van der Waals surface area contributed by atoms with Crippen molar-refractivity contribution in [3.8, 4) is 0 Å². The Morgan fingerprint density at radius 3 is 2.72 bits per heavy atom. The number of rotatable bonds is 3. The molecule has 0 fully saturated rings. The van der Waals surface area contributed by atoms with Crippen LogP contribution in [-0.2, 0) is 4.79 Å². The van der Waals surface area contributed by atoms with Crippen LogP contribution in [0.3, 0.4) is 0 Å². The highest BCUT2D eigenvalue weighted by Crippen LogP contribution is 2.31. The molecule has 0 saturated carbocycles. The number of nitrogens with one attached hydrogen (secondary N) is 1. The molecule has 5 heteroatoms. The van der Waals surface area contributed by atoms with Gasteiger partial charge in [-0.15, -0.1) is 0 Å². The molecule has 18 heavy (non-hydrogen) atoms. The second kappa shape index (κ2) is 5.27. The van der Waals surface area contributed by atoms with E-state index in [1.54, 1.807) is 0 Å². The molecule has 1 heterocycles. The summed E-state index contributed by atoms with van der Waals surface area (Å²) in [6, 6.07) is 8.26. The normalized spacial score (nSPS) is 16.2. The van der Waals surface area contributed by atoms with Gasteiger partial charge in [-0.3, -0.25) is 10.2 Å². The van der Waals surface area contributed by atoms with Crippen molar-refractivity contribution in [1.82, 2.24) is 5.43 Å². The number of para-hydroxylation sites is 2. The van der Waals surface area contributed by atoms with Crippen LogP contribution in [0.2, 0.25) is 0 Å². The average Bonchev–Trinajstić information content (AvgIpc) is 2.41. The number of hydrazine groups is 1. The van der Waals surface area contributed by atoms with E-state index in [1.165, 1.54) is 11.4 Å². The molecule has 1 atom stereocenters. The highest BCUT2D eigenvalue weighted by atomic mass is 16.2. The van der Waals surface area contributed by atoms with Gasteiger partial charge < -0.3 is 9.80 Å². The van der Waals surface area contributed by atoms with E-state index in [0.29, 0.717) is 6.54 Å². The van der Waals surface area contributed by atoms with Gasteiger partial charge in [0.25, 0.3) is 0 Å². The van der Waals surface area contributed by atoms with Gasteiger partial charge in [-0.25, -0.2) is 5.84 Å². The third kappa shape index (κ3) is 2.41. The average molecular weight is 248 g/mol. The molecule has 0 spiro atoms. The number of hydrogen-bond donors (Lipinski definition) is 2. The van der Waals surface area contributed by atoms with Crippen molar-refractivity contribution >= 4 is 17.3 Å². The maximum Gasteiger partial charge on any atom is 0.238 e. The lowest BCUT2D eigenvalue weighted by atomic mass is 10.1. The molecule has 3 N–H and O–H groups in total. The second-order valence-electron chi connectivity index (χ2n) is 4.77. The third-order valence-electron chi connectivity index (χ3n) is 3.42. The third-order valence-corrected chi connectivity index (χ3v) is 3.42. The Hall–Kier alpha value is -1.75. The molecule has 1 unspecified atom stereocenters. The lowest BCUT2D eigenvalue weighted by Crippen LogP contribution is -2.45. The maximum absolute atomic E-state index is 11.5. The summed E-state index contributed by atoms with van der Waals surface area (Å²) in [7, 11) is 2.09. The summed E-state index contributed by atoms with van der Waals surface area (Å²) in [5, 5.41) is 0. The van der Waals surface area contributed by atoms with E-state index < -0.39 is 0 Å². The summed E-state index contributed by atoms with van der Waals surface area (Å²) in [6.45, 7) is 4.47. The maximum atomic E-state index is 11.5. The van der Waals surface area contributed by atoms with E-state index in [9.17, 15) is 4.79 Å². The number of nitrogens with zero attached hydrogens (tertiary/aromatic N) is 2. The lowest BCUT2D eigenvalue weighted by molar-refractivity contribution is -0.124. The van der Waals surface area contributed by atoms with E-state index in [0.717, 1.165) is 13.1 Å². The highest BCUT2D eigenvalue weighted by Gasteiger charge is 2.23. The largest absolute Gasteiger partial charge is 0.371 e. The number of likely N-dealkylation sites (N-methyl/N-ethyl adjacent to an activating group) is 1. The van der Waals surface area contributed by atoms with Crippen LogP contribution in [0.4, 0.5) is 11.4 Å². The monoisotopic (exact) mass is 248 g/mol. The molecule has 1 aromatic rings. The van der Waals surface area contributed by atoms with E-state index in [4.69, 9.17) is 5.84 Å². The van der Waals surface area contributed by atoms with Crippen LogP contribution in [-0.4, -0.2) is 32.6 Å². The molecule has 1 amide bonds. The molecule has 2 rings (SSSR count). The zero-order valence-corrected chi connectivity index (χ0v) is 10.9. The first kappa shape index (κ1) is 12.7. The van der Waals surface area contributed by atoms with Crippen molar-refractivity contribution in [2.75, 3.05) is 36.5 Å². The van der Waals surface area contributed by atoms with Crippen molar-refractivity contribution in [3.05, 3.63) is 24.3 Å². The Bertz CT molecular complexity index is 435. The molecule has 0 aromatic heterocycles. The Morgan fingerprint density at radius 2 is 2.06 bits per heavy atom. The summed E-state index contributed by atoms with van der Waals surface area (Å²) in [5.74, 6) is 4.93. The van der Waals surface area contributed by atoms with Gasteiger partial charge in [-0.1, -0.05) is 19.1 Å². The van der Waals surface area contributed by atoms with Crippen molar-refractivity contribution in [2.45, 2.75) is 6.92 Å². The molecule has 0 radical (unpaired) electrons. The number of nitrogens with two attached hydrogens (primary N) is 1. The van der Waals surface area contributed by atoms with Crippen molar-refractivity contribution < 1.29 is 4.79 Å². The fourth-order valence-electron chi connectivity index (χ4n) is 2.31. The van der Waals surface area contributed by atoms with Gasteiger partial charge in [0.15, 0.2) is 0 Å². The number of fused-ring (bicyclic) bond motifs is 1. The van der Waals surface area contributed by atoms with E-state index in [-0.39, 0.29) is 11.8 Å². The number of carbonyl (C=O) groups is 1. The molecular formula is C13H20N4O. The molecule has 1 aliphatic rings. The fraction of sp³-hybridized carbons (Fsp3) is 0.462. The molecule has 0 bridgehead atoms. The molecule has 0 saturated heterocycles. The lowest BCUT2D eigenvalue weighted by Gasteiger charge is -2.38. The fourth-order valence-corrected chi connectivity index (χ4v) is 2.31. The molecule has 0 aliphatic carbocycles. The van der Waals surface area contributed by atoms with Crippen LogP contribution in [0.1, 0.15) is 6.92 Å². The standard InChI is InChI=1S/C13H20N4O/c1-10(13(18)15-14)9-17-8-7-16(2)11-5-3-4-6-12(11)17/h3-6,10H,7-9,14H2,1-2H3,(H,15,18). The molecule has 98 valence electrons. The van der Waals surface area contributed by atoms with Gasteiger partial charge in [0, 0.05) is 26.7 Å². The number of carbonyl (C=O) groups excluding carboxylic acids is 1. The van der Waals surface area contributed by atoms with Crippen LogP contribution >= 0.6 is 0 Å². The predicted molar refractivity (Wildman–Crippen MR) is 73.4 cm³/mol. The quantitative estimate of drug-likeness (QED) is 0.466. The first-order chi connectivity index (χ1) is 8.63. The number of hydrogen-bond acceptors (Lipinski definition) is 4. The minimum atomic E-state index is -0.119. The van der Waals surface area contributed by atoms with Gasteiger partial charge in [-0.2, -0.15) is 0 Å². The zero-order valence-electron chi connectivity index (χ0n) is 10.9. The Labute approximate surface area is 108 Å². The molecular weight excluding hydrogens is 228 g/mol. The number of anilines is 2. The number of benzene rings is 1. The topological polar surface area (TPSA) is 61.6 Å². The Kier molecular flexibility index (Phi) is 3.72. The first-order valence-corrected chi connectivity index (χ1v) is 6.19. The summed E-state index contributed by atoms with van der Waals surface area (Å²) in [5.41, 5.74) is 4.61. The number of amides is 1. The van der Waals surface area contributed by atoms with Crippen molar-refractivity contribution in [2.24, 2.45) is 11.8 Å². The minimum Gasteiger partial charge on any atom is -0.371 e. The Balaban J connectivity index is 2.16. The zero-order chi connectivity index (χ0) is 13.1. The van der Waals surface area contributed by atoms with E-state index in [1.807, 2.05) is 19.1 Å². The predicted octanol–water partition coefficient (Wildman–Crippen LogP) is 0.569. The molecule has 5 nitrogen and oxygen atoms in total. The van der Waals surface area contributed by atoms with Crippen LogP contribution in [0, 0.1) is 5.92 Å². The van der Waals surface area contributed by atoms with Crippen LogP contribution in [0.15, 0.2) is 24.3 Å². The van der Waals surface area contributed by atoms with Gasteiger partial charge in [0.2, 0.25) is 5.91 Å². The van der Waals surface area contributed by atoms with Crippen LogP contribution in [0.25, 0.3) is 0 Å².